The highest BCUT2D eigenvalue weighted by Gasteiger charge is 2.18. The van der Waals surface area contributed by atoms with Gasteiger partial charge in [0.25, 0.3) is 0 Å². The monoisotopic (exact) mass is 285 g/mol. The van der Waals surface area contributed by atoms with E-state index in [9.17, 15) is 15.0 Å². The van der Waals surface area contributed by atoms with E-state index < -0.39 is 18.1 Å². The van der Waals surface area contributed by atoms with Crippen LogP contribution < -0.4 is 5.32 Å². The maximum Gasteiger partial charge on any atom is 0.248 e. The summed E-state index contributed by atoms with van der Waals surface area (Å²) in [5.41, 5.74) is 1.11. The van der Waals surface area contributed by atoms with Crippen molar-refractivity contribution in [1.82, 2.24) is 5.32 Å². The molecule has 1 rings (SSSR count). The quantitative estimate of drug-likeness (QED) is 0.638. The summed E-state index contributed by atoms with van der Waals surface area (Å²) in [4.78, 5) is 11.7. The fraction of sp³-hybridized carbons (Fsp3) is 0.353. The second-order valence-corrected chi connectivity index (χ2v) is 4.58. The smallest absolute Gasteiger partial charge is 0.248 e. The number of aliphatic hydroxyl groups excluding tert-OH is 2. The number of rotatable bonds is 7. The van der Waals surface area contributed by atoms with Gasteiger partial charge in [-0.15, -0.1) is 6.42 Å². The van der Waals surface area contributed by atoms with Crippen molar-refractivity contribution in [2.75, 3.05) is 6.54 Å². The lowest BCUT2D eigenvalue weighted by molar-refractivity contribution is -0.130. The maximum atomic E-state index is 11.7. The van der Waals surface area contributed by atoms with Crippen LogP contribution in [0, 0.1) is 24.2 Å². The molecule has 0 saturated heterocycles. The Labute approximate surface area is 125 Å². The Hall–Kier alpha value is -2.27. The minimum atomic E-state index is -1.25. The molecule has 4 heteroatoms. The number of aliphatic hydroxyl groups is 2. The summed E-state index contributed by atoms with van der Waals surface area (Å²) < 4.78 is 0. The molecule has 110 valence electrons. The van der Waals surface area contributed by atoms with Crippen LogP contribution in [0.1, 0.15) is 18.4 Å². The molecule has 2 unspecified atom stereocenters. The summed E-state index contributed by atoms with van der Waals surface area (Å²) in [5.74, 6) is 6.57. The molecule has 4 nitrogen and oxygen atoms in total. The van der Waals surface area contributed by atoms with Crippen LogP contribution in [-0.4, -0.2) is 34.9 Å². The van der Waals surface area contributed by atoms with Crippen LogP contribution in [0.2, 0.25) is 0 Å². The first-order valence-electron chi connectivity index (χ1n) is 6.74. The van der Waals surface area contributed by atoms with E-state index in [1.807, 2.05) is 30.3 Å². The Kier molecular flexibility index (Phi) is 7.68. The number of terminal acetylenes is 1. The van der Waals surface area contributed by atoms with Crippen molar-refractivity contribution in [3.8, 4) is 24.2 Å². The number of hydrogen-bond acceptors (Lipinski definition) is 3. The van der Waals surface area contributed by atoms with Gasteiger partial charge in [0.2, 0.25) is 5.91 Å². The molecular formula is C17H19NO3. The second kappa shape index (κ2) is 9.61. The van der Waals surface area contributed by atoms with Crippen molar-refractivity contribution in [2.24, 2.45) is 0 Å². The van der Waals surface area contributed by atoms with Crippen molar-refractivity contribution < 1.29 is 15.0 Å². The molecular weight excluding hydrogens is 266 g/mol. The van der Waals surface area contributed by atoms with Gasteiger partial charge in [0.05, 0.1) is 6.10 Å². The van der Waals surface area contributed by atoms with E-state index in [4.69, 9.17) is 6.42 Å². The van der Waals surface area contributed by atoms with Crippen LogP contribution in [0.5, 0.6) is 0 Å². The molecule has 2 atom stereocenters. The third-order valence-electron chi connectivity index (χ3n) is 2.85. The van der Waals surface area contributed by atoms with Gasteiger partial charge in [-0.2, -0.15) is 0 Å². The minimum Gasteiger partial charge on any atom is -0.392 e. The molecule has 0 saturated carbocycles. The Morgan fingerprint density at radius 2 is 2.00 bits per heavy atom. The highest BCUT2D eigenvalue weighted by atomic mass is 16.3. The van der Waals surface area contributed by atoms with Crippen LogP contribution in [0.4, 0.5) is 0 Å². The van der Waals surface area contributed by atoms with Crippen molar-refractivity contribution in [3.63, 3.8) is 0 Å². The Balaban J connectivity index is 2.26. The van der Waals surface area contributed by atoms with Crippen LogP contribution in [-0.2, 0) is 11.2 Å². The fourth-order valence-electron chi connectivity index (χ4n) is 1.76. The van der Waals surface area contributed by atoms with Crippen LogP contribution in [0.3, 0.4) is 0 Å². The molecule has 1 aromatic carbocycles. The SMILES string of the molecule is C#CC#CCC(O)CC(O)C(=O)NCCc1ccccc1. The lowest BCUT2D eigenvalue weighted by Gasteiger charge is -2.14. The molecule has 0 aliphatic rings. The summed E-state index contributed by atoms with van der Waals surface area (Å²) in [6.45, 7) is 0.437. The van der Waals surface area contributed by atoms with Gasteiger partial charge >= 0.3 is 0 Å². The first-order valence-corrected chi connectivity index (χ1v) is 6.74. The number of amides is 1. The molecule has 0 fully saturated rings. The maximum absolute atomic E-state index is 11.7. The third kappa shape index (κ3) is 7.17. The average molecular weight is 285 g/mol. The number of carbonyl (C=O) groups excluding carboxylic acids is 1. The van der Waals surface area contributed by atoms with Crippen molar-refractivity contribution in [1.29, 1.82) is 0 Å². The van der Waals surface area contributed by atoms with E-state index in [0.29, 0.717) is 13.0 Å². The van der Waals surface area contributed by atoms with Gasteiger partial charge in [-0.25, -0.2) is 0 Å². The minimum absolute atomic E-state index is 0.0591. The normalized spacial score (nSPS) is 12.4. The average Bonchev–Trinajstić information content (AvgIpc) is 2.48. The molecule has 0 heterocycles. The lowest BCUT2D eigenvalue weighted by atomic mass is 10.1. The first-order chi connectivity index (χ1) is 10.1. The predicted molar refractivity (Wildman–Crippen MR) is 81.0 cm³/mol. The third-order valence-corrected chi connectivity index (χ3v) is 2.85. The number of hydrogen-bond donors (Lipinski definition) is 3. The zero-order valence-corrected chi connectivity index (χ0v) is 11.7. The summed E-state index contributed by atoms with van der Waals surface area (Å²) in [6, 6.07) is 9.72. The van der Waals surface area contributed by atoms with E-state index in [0.717, 1.165) is 5.56 Å². The van der Waals surface area contributed by atoms with Crippen LogP contribution >= 0.6 is 0 Å². The first kappa shape index (κ1) is 16.8. The highest BCUT2D eigenvalue weighted by Crippen LogP contribution is 2.03. The molecule has 0 radical (unpaired) electrons. The van der Waals surface area contributed by atoms with Gasteiger partial charge in [0.15, 0.2) is 0 Å². The number of benzene rings is 1. The fourth-order valence-corrected chi connectivity index (χ4v) is 1.76. The van der Waals surface area contributed by atoms with Crippen molar-refractivity contribution in [3.05, 3.63) is 35.9 Å². The summed E-state index contributed by atoms with van der Waals surface area (Å²) in [7, 11) is 0. The lowest BCUT2D eigenvalue weighted by Crippen LogP contribution is -2.37. The van der Waals surface area contributed by atoms with Gasteiger partial charge < -0.3 is 15.5 Å². The molecule has 0 spiro atoms. The van der Waals surface area contributed by atoms with Gasteiger partial charge in [0.1, 0.15) is 6.10 Å². The molecule has 0 aliphatic heterocycles. The number of carbonyl (C=O) groups is 1. The largest absolute Gasteiger partial charge is 0.392 e. The van der Waals surface area contributed by atoms with Crippen LogP contribution in [0.25, 0.3) is 0 Å². The van der Waals surface area contributed by atoms with E-state index in [1.54, 1.807) is 0 Å². The topological polar surface area (TPSA) is 69.6 Å². The van der Waals surface area contributed by atoms with Gasteiger partial charge in [-0.1, -0.05) is 36.3 Å². The van der Waals surface area contributed by atoms with Crippen molar-refractivity contribution >= 4 is 5.91 Å². The van der Waals surface area contributed by atoms with Gasteiger partial charge in [-0.3, -0.25) is 4.79 Å². The van der Waals surface area contributed by atoms with E-state index in [2.05, 4.69) is 23.1 Å². The van der Waals surface area contributed by atoms with E-state index in [1.165, 1.54) is 0 Å². The molecule has 0 aromatic heterocycles. The molecule has 3 N–H and O–H groups in total. The summed E-state index contributed by atoms with van der Waals surface area (Å²) in [6.07, 6.45) is 3.60. The van der Waals surface area contributed by atoms with E-state index >= 15 is 0 Å². The van der Waals surface area contributed by atoms with Crippen LogP contribution in [0.15, 0.2) is 30.3 Å². The summed E-state index contributed by atoms with van der Waals surface area (Å²) >= 11 is 0. The van der Waals surface area contributed by atoms with Gasteiger partial charge in [0, 0.05) is 19.4 Å². The number of nitrogens with one attached hydrogen (secondary N) is 1. The summed E-state index contributed by atoms with van der Waals surface area (Å²) in [5, 5.41) is 21.9. The molecule has 0 bridgehead atoms. The Morgan fingerprint density at radius 3 is 2.67 bits per heavy atom. The standard InChI is InChI=1S/C17H19NO3/c1-2-3-5-10-15(19)13-16(20)17(21)18-12-11-14-8-6-4-7-9-14/h1,4,6-9,15-16,19-20H,10-13H2,(H,18,21). The van der Waals surface area contributed by atoms with E-state index in [-0.39, 0.29) is 12.8 Å². The molecule has 21 heavy (non-hydrogen) atoms. The Bertz CT molecular complexity index is 537. The highest BCUT2D eigenvalue weighted by molar-refractivity contribution is 5.80. The zero-order chi connectivity index (χ0) is 15.5. The van der Waals surface area contributed by atoms with Gasteiger partial charge in [-0.05, 0) is 23.8 Å². The van der Waals surface area contributed by atoms with Crippen molar-refractivity contribution in [2.45, 2.75) is 31.5 Å². The predicted octanol–water partition coefficient (Wildman–Crippen LogP) is 0.484. The second-order valence-electron chi connectivity index (χ2n) is 4.58. The Morgan fingerprint density at radius 1 is 1.29 bits per heavy atom. The molecule has 0 aliphatic carbocycles. The zero-order valence-electron chi connectivity index (χ0n) is 11.7. The molecule has 1 amide bonds. The molecule has 1 aromatic rings.